The van der Waals surface area contributed by atoms with Gasteiger partial charge in [-0.15, -0.1) is 0 Å². The fraction of sp³-hybridized carbons (Fsp3) is 0.750. The van der Waals surface area contributed by atoms with Gasteiger partial charge in [0.15, 0.2) is 0 Å². The van der Waals surface area contributed by atoms with Gasteiger partial charge >= 0.3 is 67.5 Å². The molecule has 0 atom stereocenters. The summed E-state index contributed by atoms with van der Waals surface area (Å²) in [5.74, 6) is -1.61. The predicted octanol–water partition coefficient (Wildman–Crippen LogP) is -0.864. The van der Waals surface area contributed by atoms with E-state index in [1.54, 1.807) is 0 Å². The number of carbonyl (C=O) groups is 1. The van der Waals surface area contributed by atoms with Gasteiger partial charge in [-0.2, -0.15) is 8.42 Å². The van der Waals surface area contributed by atoms with Gasteiger partial charge in [0.25, 0.3) is 0 Å². The Morgan fingerprint density at radius 3 is 2.27 bits per heavy atom. The first kappa shape index (κ1) is 14.5. The molecule has 0 heterocycles. The molecule has 1 N–H and O–H groups in total. The summed E-state index contributed by atoms with van der Waals surface area (Å²) < 4.78 is 32.0. The number of esters is 1. The van der Waals surface area contributed by atoms with Gasteiger partial charge in [0, 0.05) is 6.42 Å². The molecule has 0 rings (SSSR count). The van der Waals surface area contributed by atoms with Crippen molar-refractivity contribution in [2.24, 2.45) is 0 Å². The second-order valence-electron chi connectivity index (χ2n) is 1.57. The Morgan fingerprint density at radius 1 is 1.55 bits per heavy atom. The Balaban J connectivity index is 0. The number of hydrogen-bond acceptors (Lipinski definition) is 4. The van der Waals surface area contributed by atoms with Crippen LogP contribution in [0.1, 0.15) is 13.3 Å². The summed E-state index contributed by atoms with van der Waals surface area (Å²) >= 11 is 0. The predicted molar refractivity (Wildman–Crippen MR) is 39.9 cm³/mol. The number of rotatable bonds is 3. The monoisotopic (exact) mass is 208 g/mol. The summed E-state index contributed by atoms with van der Waals surface area (Å²) in [6.07, 6.45) is 0.0928. The molecule has 0 saturated heterocycles. The van der Waals surface area contributed by atoms with Crippen molar-refractivity contribution in [1.29, 1.82) is 0 Å². The molecular weight excluding hydrogens is 199 g/mol. The van der Waals surface area contributed by atoms with E-state index in [0.717, 1.165) is 0 Å². The molecule has 0 amide bonds. The average Bonchev–Trinajstić information content (AvgIpc) is 1.81. The maximum atomic E-state index is 10.3. The standard InChI is InChI=1S/C4H8O5S.K.H/c1-2-4(5)9-3-10(6,7)8;;/h2-3H2,1H3,(H,6,7,8);;. The zero-order chi connectivity index (χ0) is 8.20. The van der Waals surface area contributed by atoms with Crippen LogP contribution < -0.4 is 0 Å². The number of hydrogen-bond donors (Lipinski definition) is 1. The van der Waals surface area contributed by atoms with Crippen molar-refractivity contribution in [1.82, 2.24) is 0 Å². The molecule has 7 heteroatoms. The van der Waals surface area contributed by atoms with Crippen LogP contribution in [0.3, 0.4) is 0 Å². The molecule has 0 aliphatic carbocycles. The zero-order valence-corrected chi connectivity index (χ0v) is 6.22. The molecule has 0 spiro atoms. The fourth-order valence-electron chi connectivity index (χ4n) is 0.242. The van der Waals surface area contributed by atoms with Crippen LogP contribution in [0, 0.1) is 0 Å². The molecule has 0 aromatic rings. The summed E-state index contributed by atoms with van der Waals surface area (Å²) in [5.41, 5.74) is 0. The molecule has 0 aliphatic heterocycles. The van der Waals surface area contributed by atoms with Crippen LogP contribution in [0.15, 0.2) is 0 Å². The van der Waals surface area contributed by atoms with E-state index in [9.17, 15) is 13.2 Å². The number of ether oxygens (including phenoxy) is 1. The van der Waals surface area contributed by atoms with Gasteiger partial charge in [-0.3, -0.25) is 9.35 Å². The molecule has 0 radical (unpaired) electrons. The van der Waals surface area contributed by atoms with Crippen LogP contribution >= 0.6 is 0 Å². The fourth-order valence-corrected chi connectivity index (χ4v) is 0.523. The van der Waals surface area contributed by atoms with E-state index in [4.69, 9.17) is 4.55 Å². The van der Waals surface area contributed by atoms with Crippen LogP contribution in [0.4, 0.5) is 0 Å². The topological polar surface area (TPSA) is 80.7 Å². The minimum absolute atomic E-state index is 0. The molecule has 0 bridgehead atoms. The van der Waals surface area contributed by atoms with E-state index in [0.29, 0.717) is 0 Å². The van der Waals surface area contributed by atoms with Crippen LogP contribution in [-0.4, -0.2) is 76.3 Å². The first-order valence-corrected chi connectivity index (χ1v) is 4.17. The Kier molecular flexibility index (Phi) is 8.62. The Bertz CT molecular complexity index is 209. The SMILES string of the molecule is CCC(=O)OCS(=O)(=O)O.[KH]. The Morgan fingerprint density at radius 2 is 2.00 bits per heavy atom. The van der Waals surface area contributed by atoms with Crippen LogP contribution in [0.5, 0.6) is 0 Å². The third-order valence-electron chi connectivity index (χ3n) is 0.658. The maximum absolute atomic E-state index is 10.3. The molecule has 0 aliphatic rings. The minimum atomic E-state index is -4.17. The summed E-state index contributed by atoms with van der Waals surface area (Å²) in [4.78, 5) is 10.3. The molecule has 5 nitrogen and oxygen atoms in total. The van der Waals surface area contributed by atoms with Crippen LogP contribution in [-0.2, 0) is 19.6 Å². The molecule has 0 unspecified atom stereocenters. The van der Waals surface area contributed by atoms with Gasteiger partial charge < -0.3 is 4.74 Å². The van der Waals surface area contributed by atoms with Crippen molar-refractivity contribution < 1.29 is 22.5 Å². The summed E-state index contributed by atoms with van der Waals surface area (Å²) in [5, 5.41) is 0. The van der Waals surface area contributed by atoms with E-state index in [1.807, 2.05) is 0 Å². The summed E-state index contributed by atoms with van der Waals surface area (Å²) in [6.45, 7) is 1.52. The molecule has 62 valence electrons. The normalized spacial score (nSPS) is 10.0. The van der Waals surface area contributed by atoms with Gasteiger partial charge in [0.1, 0.15) is 0 Å². The van der Waals surface area contributed by atoms with Crippen molar-refractivity contribution in [3.05, 3.63) is 0 Å². The molecule has 0 aromatic heterocycles. The Hall–Kier alpha value is 1.02. The van der Waals surface area contributed by atoms with Crippen molar-refractivity contribution in [2.45, 2.75) is 13.3 Å². The van der Waals surface area contributed by atoms with Crippen molar-refractivity contribution >= 4 is 67.5 Å². The van der Waals surface area contributed by atoms with Gasteiger partial charge in [0.05, 0.1) is 0 Å². The van der Waals surface area contributed by atoms with E-state index in [2.05, 4.69) is 4.74 Å². The number of carbonyl (C=O) groups excluding carboxylic acids is 1. The molecule has 0 aromatic carbocycles. The van der Waals surface area contributed by atoms with E-state index in [1.165, 1.54) is 6.92 Å². The molecule has 0 saturated carbocycles. The van der Waals surface area contributed by atoms with E-state index < -0.39 is 22.0 Å². The second-order valence-corrected chi connectivity index (χ2v) is 2.97. The molecule has 11 heavy (non-hydrogen) atoms. The third kappa shape index (κ3) is 11.0. The third-order valence-corrected chi connectivity index (χ3v) is 1.07. The van der Waals surface area contributed by atoms with Crippen molar-refractivity contribution in [3.63, 3.8) is 0 Å². The van der Waals surface area contributed by atoms with Crippen LogP contribution in [0.25, 0.3) is 0 Å². The summed E-state index contributed by atoms with van der Waals surface area (Å²) in [7, 11) is -4.17. The van der Waals surface area contributed by atoms with E-state index in [-0.39, 0.29) is 57.8 Å². The van der Waals surface area contributed by atoms with Gasteiger partial charge in [-0.05, 0) is 0 Å². The first-order chi connectivity index (χ1) is 4.45. The zero-order valence-electron chi connectivity index (χ0n) is 5.40. The quantitative estimate of drug-likeness (QED) is 0.371. The van der Waals surface area contributed by atoms with Gasteiger partial charge in [0.2, 0.25) is 5.94 Å². The van der Waals surface area contributed by atoms with Gasteiger partial charge in [-0.1, -0.05) is 6.92 Å². The molecule has 0 fully saturated rings. The Labute approximate surface area is 108 Å². The van der Waals surface area contributed by atoms with E-state index >= 15 is 0 Å². The average molecular weight is 208 g/mol. The first-order valence-electron chi connectivity index (χ1n) is 2.56. The molecular formula is C4H9KO5S. The van der Waals surface area contributed by atoms with Crippen molar-refractivity contribution in [3.8, 4) is 0 Å². The van der Waals surface area contributed by atoms with Crippen molar-refractivity contribution in [2.75, 3.05) is 5.94 Å². The van der Waals surface area contributed by atoms with Crippen LogP contribution in [0.2, 0.25) is 0 Å². The van der Waals surface area contributed by atoms with Gasteiger partial charge in [-0.25, -0.2) is 0 Å². The summed E-state index contributed by atoms with van der Waals surface area (Å²) in [6, 6.07) is 0. The second kappa shape index (κ2) is 6.52.